The number of carboxylic acid groups (broad SMARTS) is 1. The number of hydrogen-bond donors (Lipinski definition) is 2. The number of aliphatic carboxylic acids is 1. The fourth-order valence-corrected chi connectivity index (χ4v) is 12.0. The van der Waals surface area contributed by atoms with Gasteiger partial charge in [0.2, 0.25) is 0 Å². The molecular formula is C34H53NO4. The van der Waals surface area contributed by atoms with Crippen LogP contribution in [0.25, 0.3) is 0 Å². The molecule has 5 fully saturated rings. The van der Waals surface area contributed by atoms with Crippen molar-refractivity contribution in [2.75, 3.05) is 6.54 Å². The number of fused-ring (bicyclic) bond motifs is 7. The summed E-state index contributed by atoms with van der Waals surface area (Å²) in [6.45, 7) is 23.0. The number of allylic oxidation sites excluding steroid dienone is 1. The second-order valence-electron chi connectivity index (χ2n) is 15.6. The van der Waals surface area contributed by atoms with Crippen LogP contribution in [0.1, 0.15) is 106 Å². The van der Waals surface area contributed by atoms with E-state index in [4.69, 9.17) is 4.74 Å². The van der Waals surface area contributed by atoms with Gasteiger partial charge in [-0.1, -0.05) is 52.8 Å². The van der Waals surface area contributed by atoms with E-state index in [0.717, 1.165) is 51.4 Å². The highest BCUT2D eigenvalue weighted by molar-refractivity contribution is 5.76. The first-order valence-corrected chi connectivity index (χ1v) is 15.6. The molecule has 0 aliphatic heterocycles. The van der Waals surface area contributed by atoms with E-state index in [1.165, 1.54) is 18.4 Å². The Hall–Kier alpha value is -1.78. The van der Waals surface area contributed by atoms with Crippen molar-refractivity contribution in [1.82, 2.24) is 5.32 Å². The summed E-state index contributed by atoms with van der Waals surface area (Å²) in [6, 6.07) is 0. The number of hydrogen-bond acceptors (Lipinski definition) is 3. The Bertz CT molecular complexity index is 1050. The number of carbonyl (C=O) groups excluding carboxylic acids is 1. The lowest BCUT2D eigenvalue weighted by atomic mass is 9.32. The van der Waals surface area contributed by atoms with Gasteiger partial charge >= 0.3 is 12.1 Å². The van der Waals surface area contributed by atoms with Gasteiger partial charge in [0.05, 0.1) is 5.41 Å². The monoisotopic (exact) mass is 539 g/mol. The van der Waals surface area contributed by atoms with E-state index in [2.05, 4.69) is 60.0 Å². The van der Waals surface area contributed by atoms with E-state index >= 15 is 0 Å². The average molecular weight is 540 g/mol. The van der Waals surface area contributed by atoms with Crippen LogP contribution in [0, 0.1) is 56.7 Å². The SMILES string of the molecule is C=CCNC(=O)OC1CC[C@]2(C)[C@H]3CC[C@@H]4[C@H]5[C@H](C(=C)C)CC[C@]5(C(=O)O)CC[C@@]4(C)[C@]3(C)CC[C@H]2C1(C)C. The molecule has 5 heteroatoms. The molecule has 1 amide bonds. The van der Waals surface area contributed by atoms with Crippen molar-refractivity contribution in [3.8, 4) is 0 Å². The third kappa shape index (κ3) is 3.83. The number of nitrogens with one attached hydrogen (secondary N) is 1. The van der Waals surface area contributed by atoms with Crippen molar-refractivity contribution in [1.29, 1.82) is 0 Å². The number of rotatable bonds is 5. The molecule has 5 aliphatic rings. The normalized spacial score (nSPS) is 47.9. The van der Waals surface area contributed by atoms with Gasteiger partial charge in [-0.15, -0.1) is 6.58 Å². The van der Waals surface area contributed by atoms with Gasteiger partial charge in [-0.25, -0.2) is 4.79 Å². The van der Waals surface area contributed by atoms with Gasteiger partial charge in [0, 0.05) is 12.0 Å². The summed E-state index contributed by atoms with van der Waals surface area (Å²) >= 11 is 0. The maximum atomic E-state index is 12.9. The van der Waals surface area contributed by atoms with Crippen LogP contribution in [0.5, 0.6) is 0 Å². The zero-order valence-electron chi connectivity index (χ0n) is 25.4. The smallest absolute Gasteiger partial charge is 0.407 e. The lowest BCUT2D eigenvalue weighted by Crippen LogP contribution is -2.67. The summed E-state index contributed by atoms with van der Waals surface area (Å²) in [7, 11) is 0. The molecule has 10 atom stereocenters. The van der Waals surface area contributed by atoms with Crippen molar-refractivity contribution in [3.63, 3.8) is 0 Å². The fourth-order valence-electron chi connectivity index (χ4n) is 12.0. The van der Waals surface area contributed by atoms with Gasteiger partial charge in [-0.05, 0) is 117 Å². The van der Waals surface area contributed by atoms with Crippen molar-refractivity contribution in [3.05, 3.63) is 24.8 Å². The Balaban J connectivity index is 1.46. The Morgan fingerprint density at radius 2 is 1.64 bits per heavy atom. The molecule has 0 spiro atoms. The number of ether oxygens (including phenoxy) is 1. The van der Waals surface area contributed by atoms with Gasteiger partial charge in [0.1, 0.15) is 6.10 Å². The molecular weight excluding hydrogens is 486 g/mol. The van der Waals surface area contributed by atoms with E-state index in [9.17, 15) is 14.7 Å². The second kappa shape index (κ2) is 9.38. The van der Waals surface area contributed by atoms with Gasteiger partial charge in [0.25, 0.3) is 0 Å². The van der Waals surface area contributed by atoms with Crippen LogP contribution in [0.15, 0.2) is 24.8 Å². The van der Waals surface area contributed by atoms with Gasteiger partial charge < -0.3 is 15.2 Å². The number of alkyl carbamates (subject to hydrolysis) is 1. The van der Waals surface area contributed by atoms with Gasteiger partial charge in [-0.3, -0.25) is 4.79 Å². The predicted octanol–water partition coefficient (Wildman–Crippen LogP) is 8.01. The van der Waals surface area contributed by atoms with Gasteiger partial charge in [0.15, 0.2) is 0 Å². The number of carbonyl (C=O) groups is 2. The topological polar surface area (TPSA) is 75.6 Å². The average Bonchev–Trinajstić information content (AvgIpc) is 3.26. The Morgan fingerprint density at radius 3 is 2.28 bits per heavy atom. The molecule has 0 saturated heterocycles. The van der Waals surface area contributed by atoms with E-state index in [1.54, 1.807) is 6.08 Å². The molecule has 2 N–H and O–H groups in total. The molecule has 5 aliphatic carbocycles. The second-order valence-corrected chi connectivity index (χ2v) is 15.6. The van der Waals surface area contributed by atoms with E-state index < -0.39 is 11.4 Å². The van der Waals surface area contributed by atoms with Gasteiger partial charge in [-0.2, -0.15) is 0 Å². The summed E-state index contributed by atoms with van der Waals surface area (Å²) < 4.78 is 6.02. The third-order valence-corrected chi connectivity index (χ3v) is 14.1. The van der Waals surface area contributed by atoms with E-state index in [1.807, 2.05) is 0 Å². The molecule has 0 aromatic heterocycles. The zero-order valence-corrected chi connectivity index (χ0v) is 25.4. The molecule has 0 aromatic rings. The largest absolute Gasteiger partial charge is 0.481 e. The summed E-state index contributed by atoms with van der Waals surface area (Å²) in [5.74, 6) is 1.51. The fraction of sp³-hybridized carbons (Fsp3) is 0.824. The first kappa shape index (κ1) is 28.7. The highest BCUT2D eigenvalue weighted by atomic mass is 16.6. The Kier molecular flexibility index (Phi) is 6.91. The van der Waals surface area contributed by atoms with Crippen LogP contribution in [-0.4, -0.2) is 29.8 Å². The van der Waals surface area contributed by atoms with Crippen molar-refractivity contribution in [2.24, 2.45) is 56.7 Å². The quantitative estimate of drug-likeness (QED) is 0.347. The highest BCUT2D eigenvalue weighted by Crippen LogP contribution is 2.77. The van der Waals surface area contributed by atoms with Crippen LogP contribution >= 0.6 is 0 Å². The first-order chi connectivity index (χ1) is 18.2. The van der Waals surface area contributed by atoms with Crippen LogP contribution in [0.3, 0.4) is 0 Å². The summed E-state index contributed by atoms with van der Waals surface area (Å²) in [5.41, 5.74) is 1.02. The molecule has 5 rings (SSSR count). The van der Waals surface area contributed by atoms with Crippen molar-refractivity contribution < 1.29 is 19.4 Å². The summed E-state index contributed by atoms with van der Waals surface area (Å²) in [6.07, 6.45) is 11.5. The van der Waals surface area contributed by atoms with Crippen LogP contribution in [-0.2, 0) is 9.53 Å². The molecule has 39 heavy (non-hydrogen) atoms. The first-order valence-electron chi connectivity index (χ1n) is 15.6. The summed E-state index contributed by atoms with van der Waals surface area (Å²) in [4.78, 5) is 25.4. The van der Waals surface area contributed by atoms with Crippen LogP contribution < -0.4 is 5.32 Å². The maximum absolute atomic E-state index is 12.9. The van der Waals surface area contributed by atoms with Crippen molar-refractivity contribution >= 4 is 12.1 Å². The highest BCUT2D eigenvalue weighted by Gasteiger charge is 2.72. The molecule has 0 radical (unpaired) electrons. The predicted molar refractivity (Wildman–Crippen MR) is 155 cm³/mol. The minimum atomic E-state index is -0.568. The Morgan fingerprint density at radius 1 is 0.923 bits per heavy atom. The number of carboxylic acids is 1. The number of amides is 1. The minimum Gasteiger partial charge on any atom is -0.481 e. The molecule has 0 aromatic carbocycles. The molecule has 218 valence electrons. The Labute approximate surface area is 236 Å². The standard InChI is InChI=1S/C34H53NO4/c1-9-20-35-29(38)39-26-14-15-31(6)24(30(26,4)5)13-16-33(8)25(31)11-10-23-27-22(21(2)3)12-17-34(27,28(36)37)19-18-32(23,33)7/h9,22-27H,1-2,10-20H2,3-8H3,(H,35,38)(H,36,37)/t22-,23+,24-,25+,26?,27+,31-,32+,33+,34-/m0/s1. The van der Waals surface area contributed by atoms with E-state index in [-0.39, 0.29) is 39.8 Å². The molecule has 5 saturated carbocycles. The van der Waals surface area contributed by atoms with E-state index in [0.29, 0.717) is 30.2 Å². The van der Waals surface area contributed by atoms with Crippen molar-refractivity contribution in [2.45, 2.75) is 112 Å². The molecule has 1 unspecified atom stereocenters. The minimum absolute atomic E-state index is 0.0858. The zero-order chi connectivity index (χ0) is 28.6. The van der Waals surface area contributed by atoms with Crippen LogP contribution in [0.2, 0.25) is 0 Å². The lowest BCUT2D eigenvalue weighted by molar-refractivity contribution is -0.247. The third-order valence-electron chi connectivity index (χ3n) is 14.1. The molecule has 0 heterocycles. The summed E-state index contributed by atoms with van der Waals surface area (Å²) in [5, 5.41) is 13.4. The molecule has 5 nitrogen and oxygen atoms in total. The molecule has 0 bridgehead atoms. The van der Waals surface area contributed by atoms with Crippen LogP contribution in [0.4, 0.5) is 4.79 Å². The maximum Gasteiger partial charge on any atom is 0.407 e. The lowest BCUT2D eigenvalue weighted by Gasteiger charge is -2.72.